The van der Waals surface area contributed by atoms with Crippen LogP contribution in [0.1, 0.15) is 6.92 Å². The number of hydrogen-bond acceptors (Lipinski definition) is 2. The molecule has 0 fully saturated rings. The maximum absolute atomic E-state index is 11.4. The lowest BCUT2D eigenvalue weighted by atomic mass is 10.3. The second-order valence-corrected chi connectivity index (χ2v) is 2.75. The van der Waals surface area contributed by atoms with Gasteiger partial charge in [-0.25, -0.2) is 4.79 Å². The molecule has 0 spiro atoms. The molecule has 0 radical (unpaired) electrons. The Balaban J connectivity index is 2.66. The van der Waals surface area contributed by atoms with Crippen LogP contribution < -0.4 is 4.90 Å². The highest BCUT2D eigenvalue weighted by Crippen LogP contribution is 2.11. The molecule has 0 aliphatic rings. The van der Waals surface area contributed by atoms with Crippen LogP contribution in [0.5, 0.6) is 0 Å². The smallest absolute Gasteiger partial charge is 0.418 e. The Labute approximate surface area is 83.6 Å². The van der Waals surface area contributed by atoms with Gasteiger partial charge < -0.3 is 4.74 Å². The number of amides is 1. The van der Waals surface area contributed by atoms with Crippen LogP contribution in [0.25, 0.3) is 0 Å². The Kier molecular flexibility index (Phi) is 3.73. The number of anilines is 1. The molecule has 0 aliphatic carbocycles. The van der Waals surface area contributed by atoms with Crippen LogP contribution in [0.3, 0.4) is 0 Å². The van der Waals surface area contributed by atoms with Gasteiger partial charge in [0, 0.05) is 12.7 Å². The average molecular weight is 191 g/mol. The lowest BCUT2D eigenvalue weighted by Gasteiger charge is -2.14. The zero-order chi connectivity index (χ0) is 10.4. The number of para-hydroxylation sites is 1. The molecular formula is C11H13NO2. The second-order valence-electron chi connectivity index (χ2n) is 2.75. The minimum absolute atomic E-state index is 0.394. The van der Waals surface area contributed by atoms with Gasteiger partial charge in [-0.1, -0.05) is 24.3 Å². The first-order valence-electron chi connectivity index (χ1n) is 4.36. The van der Waals surface area contributed by atoms with Gasteiger partial charge in [-0.05, 0) is 19.1 Å². The van der Waals surface area contributed by atoms with Gasteiger partial charge in [0.15, 0.2) is 0 Å². The van der Waals surface area contributed by atoms with Gasteiger partial charge in [0.2, 0.25) is 0 Å². The second kappa shape index (κ2) is 5.07. The molecule has 3 nitrogen and oxygen atoms in total. The Morgan fingerprint density at radius 1 is 1.36 bits per heavy atom. The van der Waals surface area contributed by atoms with E-state index in [1.54, 1.807) is 20.0 Å². The molecule has 0 saturated carbocycles. The van der Waals surface area contributed by atoms with Crippen LogP contribution in [0.4, 0.5) is 10.5 Å². The fourth-order valence-electron chi connectivity index (χ4n) is 0.962. The van der Waals surface area contributed by atoms with Gasteiger partial charge in [-0.2, -0.15) is 0 Å². The third-order valence-corrected chi connectivity index (χ3v) is 1.72. The number of carbonyl (C=O) groups excluding carboxylic acids is 1. The SMILES string of the molecule is C/C=C/OC(=O)N(C)c1ccccc1. The van der Waals surface area contributed by atoms with E-state index in [-0.39, 0.29) is 0 Å². The van der Waals surface area contributed by atoms with E-state index in [1.807, 2.05) is 30.3 Å². The standard InChI is InChI=1S/C11H13NO2/c1-3-9-14-11(13)12(2)10-7-5-4-6-8-10/h3-9H,1-2H3/b9-3+. The molecule has 1 aromatic carbocycles. The lowest BCUT2D eigenvalue weighted by molar-refractivity contribution is 0.194. The van der Waals surface area contributed by atoms with E-state index in [0.29, 0.717) is 0 Å². The highest BCUT2D eigenvalue weighted by Gasteiger charge is 2.09. The largest absolute Gasteiger partial charge is 0.418 e. The van der Waals surface area contributed by atoms with E-state index < -0.39 is 6.09 Å². The zero-order valence-corrected chi connectivity index (χ0v) is 8.31. The third kappa shape index (κ3) is 2.62. The minimum Gasteiger partial charge on any atom is -0.418 e. The Morgan fingerprint density at radius 3 is 2.57 bits per heavy atom. The summed E-state index contributed by atoms with van der Waals surface area (Å²) in [6.45, 7) is 1.79. The Morgan fingerprint density at radius 2 is 2.00 bits per heavy atom. The predicted octanol–water partition coefficient (Wildman–Crippen LogP) is 2.79. The quantitative estimate of drug-likeness (QED) is 0.673. The highest BCUT2D eigenvalue weighted by atomic mass is 16.5. The summed E-state index contributed by atoms with van der Waals surface area (Å²) in [6, 6.07) is 9.33. The number of allylic oxidation sites excluding steroid dienone is 1. The van der Waals surface area contributed by atoms with Crippen LogP contribution in [0.15, 0.2) is 42.7 Å². The maximum atomic E-state index is 11.4. The van der Waals surface area contributed by atoms with Crippen molar-refractivity contribution in [3.8, 4) is 0 Å². The van der Waals surface area contributed by atoms with E-state index in [0.717, 1.165) is 5.69 Å². The van der Waals surface area contributed by atoms with Crippen LogP contribution >= 0.6 is 0 Å². The maximum Gasteiger partial charge on any atom is 0.418 e. The third-order valence-electron chi connectivity index (χ3n) is 1.72. The first-order valence-corrected chi connectivity index (χ1v) is 4.36. The van der Waals surface area contributed by atoms with Crippen molar-refractivity contribution >= 4 is 11.8 Å². The number of nitrogens with zero attached hydrogens (tertiary/aromatic N) is 1. The normalized spacial score (nSPS) is 10.1. The summed E-state index contributed by atoms with van der Waals surface area (Å²) in [6.07, 6.45) is 2.63. The molecule has 1 aromatic rings. The summed E-state index contributed by atoms with van der Waals surface area (Å²) < 4.78 is 4.81. The van der Waals surface area contributed by atoms with Crippen LogP contribution in [0.2, 0.25) is 0 Å². The molecule has 0 unspecified atom stereocenters. The summed E-state index contributed by atoms with van der Waals surface area (Å²) in [4.78, 5) is 12.8. The van der Waals surface area contributed by atoms with Gasteiger partial charge in [0.25, 0.3) is 0 Å². The molecule has 14 heavy (non-hydrogen) atoms. The van der Waals surface area contributed by atoms with E-state index in [1.165, 1.54) is 11.2 Å². The Hall–Kier alpha value is -1.77. The predicted molar refractivity (Wildman–Crippen MR) is 56.1 cm³/mol. The molecular weight excluding hydrogens is 178 g/mol. The fraction of sp³-hybridized carbons (Fsp3) is 0.182. The van der Waals surface area contributed by atoms with Crippen molar-refractivity contribution in [3.05, 3.63) is 42.7 Å². The van der Waals surface area contributed by atoms with Gasteiger partial charge in [-0.3, -0.25) is 4.90 Å². The van der Waals surface area contributed by atoms with Gasteiger partial charge in [0.1, 0.15) is 0 Å². The highest BCUT2D eigenvalue weighted by molar-refractivity contribution is 5.87. The molecule has 74 valence electrons. The molecule has 1 amide bonds. The average Bonchev–Trinajstić information content (AvgIpc) is 2.26. The van der Waals surface area contributed by atoms with Crippen molar-refractivity contribution in [3.63, 3.8) is 0 Å². The van der Waals surface area contributed by atoms with Crippen molar-refractivity contribution < 1.29 is 9.53 Å². The van der Waals surface area contributed by atoms with Crippen LogP contribution in [-0.2, 0) is 4.74 Å². The van der Waals surface area contributed by atoms with Gasteiger partial charge >= 0.3 is 6.09 Å². The molecule has 0 atom stereocenters. The lowest BCUT2D eigenvalue weighted by Crippen LogP contribution is -2.25. The summed E-state index contributed by atoms with van der Waals surface area (Å²) in [5.41, 5.74) is 0.807. The summed E-state index contributed by atoms with van der Waals surface area (Å²) in [7, 11) is 1.67. The first kappa shape index (κ1) is 10.3. The van der Waals surface area contributed by atoms with Crippen molar-refractivity contribution in [2.24, 2.45) is 0 Å². The van der Waals surface area contributed by atoms with Gasteiger partial charge in [0.05, 0.1) is 6.26 Å². The number of hydrogen-bond donors (Lipinski definition) is 0. The first-order chi connectivity index (χ1) is 6.75. The van der Waals surface area contributed by atoms with Crippen molar-refractivity contribution in [2.75, 3.05) is 11.9 Å². The molecule has 0 bridgehead atoms. The van der Waals surface area contributed by atoms with Crippen molar-refractivity contribution in [1.29, 1.82) is 0 Å². The van der Waals surface area contributed by atoms with E-state index in [2.05, 4.69) is 0 Å². The summed E-state index contributed by atoms with van der Waals surface area (Å²) in [5, 5.41) is 0. The number of carbonyl (C=O) groups is 1. The molecule has 0 N–H and O–H groups in total. The number of rotatable bonds is 2. The Bertz CT molecular complexity index is 319. The molecule has 0 heterocycles. The molecule has 3 heteroatoms. The summed E-state index contributed by atoms with van der Waals surface area (Å²) in [5.74, 6) is 0. The van der Waals surface area contributed by atoms with E-state index >= 15 is 0 Å². The monoisotopic (exact) mass is 191 g/mol. The molecule has 0 aromatic heterocycles. The summed E-state index contributed by atoms with van der Waals surface area (Å²) >= 11 is 0. The van der Waals surface area contributed by atoms with Gasteiger partial charge in [-0.15, -0.1) is 0 Å². The fourth-order valence-corrected chi connectivity index (χ4v) is 0.962. The van der Waals surface area contributed by atoms with E-state index in [9.17, 15) is 4.79 Å². The van der Waals surface area contributed by atoms with Crippen molar-refractivity contribution in [1.82, 2.24) is 0 Å². The molecule has 1 rings (SSSR count). The molecule has 0 saturated heterocycles. The minimum atomic E-state index is -0.394. The number of benzene rings is 1. The zero-order valence-electron chi connectivity index (χ0n) is 8.31. The molecule has 0 aliphatic heterocycles. The van der Waals surface area contributed by atoms with Crippen LogP contribution in [0, 0.1) is 0 Å². The number of ether oxygens (including phenoxy) is 1. The van der Waals surface area contributed by atoms with E-state index in [4.69, 9.17) is 4.74 Å². The topological polar surface area (TPSA) is 29.5 Å². The van der Waals surface area contributed by atoms with Crippen LogP contribution in [-0.4, -0.2) is 13.1 Å². The van der Waals surface area contributed by atoms with Crippen molar-refractivity contribution in [2.45, 2.75) is 6.92 Å².